The number of carbonyl (C=O) groups excluding carboxylic acids is 1. The number of aromatic nitrogens is 1. The summed E-state index contributed by atoms with van der Waals surface area (Å²) in [7, 11) is 0. The molecule has 1 heterocycles. The molecule has 1 amide bonds. The molecule has 1 aromatic carbocycles. The molecule has 0 aliphatic rings. The van der Waals surface area contributed by atoms with E-state index in [-0.39, 0.29) is 24.4 Å². The lowest BCUT2D eigenvalue weighted by Gasteiger charge is -2.24. The van der Waals surface area contributed by atoms with Gasteiger partial charge in [0.15, 0.2) is 0 Å². The summed E-state index contributed by atoms with van der Waals surface area (Å²) in [6, 6.07) is 12.5. The number of nitrogens with zero attached hydrogens (tertiary/aromatic N) is 1. The molecule has 1 aromatic heterocycles. The molecule has 0 aliphatic carbocycles. The zero-order valence-corrected chi connectivity index (χ0v) is 15.9. The summed E-state index contributed by atoms with van der Waals surface area (Å²) < 4.78 is 2.21. The molecule has 132 valence electrons. The third kappa shape index (κ3) is 4.19. The SMILES string of the molecule is Cc1cc(C(=O)NC(C)(C)CN)c(C)n1C(C)c1ccccc1.Cl. The van der Waals surface area contributed by atoms with Crippen LogP contribution in [-0.4, -0.2) is 22.6 Å². The van der Waals surface area contributed by atoms with Crippen molar-refractivity contribution in [3.63, 3.8) is 0 Å². The van der Waals surface area contributed by atoms with Crippen LogP contribution >= 0.6 is 12.4 Å². The normalized spacial score (nSPS) is 12.4. The first-order chi connectivity index (χ1) is 10.8. The number of nitrogens with two attached hydrogens (primary N) is 1. The third-order valence-electron chi connectivity index (χ3n) is 4.36. The Bertz CT molecular complexity index is 692. The molecular weight excluding hydrogens is 322 g/mol. The van der Waals surface area contributed by atoms with E-state index in [1.807, 2.05) is 52.0 Å². The Morgan fingerprint density at radius 1 is 1.25 bits per heavy atom. The highest BCUT2D eigenvalue weighted by atomic mass is 35.5. The number of carbonyl (C=O) groups is 1. The van der Waals surface area contributed by atoms with Crippen LogP contribution in [0.1, 0.15) is 54.1 Å². The summed E-state index contributed by atoms with van der Waals surface area (Å²) in [4.78, 5) is 12.6. The number of nitrogens with one attached hydrogen (secondary N) is 1. The lowest BCUT2D eigenvalue weighted by atomic mass is 10.1. The highest BCUT2D eigenvalue weighted by Gasteiger charge is 2.24. The minimum Gasteiger partial charge on any atom is -0.346 e. The number of hydrogen-bond donors (Lipinski definition) is 2. The molecule has 0 fully saturated rings. The Kier molecular flexibility index (Phi) is 6.64. The second-order valence-corrected chi connectivity index (χ2v) is 6.78. The van der Waals surface area contributed by atoms with Crippen LogP contribution in [0.25, 0.3) is 0 Å². The molecule has 3 N–H and O–H groups in total. The van der Waals surface area contributed by atoms with Crippen LogP contribution in [0.5, 0.6) is 0 Å². The average molecular weight is 350 g/mol. The molecule has 0 bridgehead atoms. The predicted molar refractivity (Wildman–Crippen MR) is 102 cm³/mol. The van der Waals surface area contributed by atoms with Gasteiger partial charge in [-0.3, -0.25) is 4.79 Å². The Balaban J connectivity index is 0.00000288. The summed E-state index contributed by atoms with van der Waals surface area (Å²) in [6.07, 6.45) is 0. The van der Waals surface area contributed by atoms with Gasteiger partial charge in [0.25, 0.3) is 5.91 Å². The summed E-state index contributed by atoms with van der Waals surface area (Å²) in [5.41, 5.74) is 9.29. The maximum Gasteiger partial charge on any atom is 0.253 e. The molecule has 24 heavy (non-hydrogen) atoms. The minimum atomic E-state index is -0.412. The Hall–Kier alpha value is -1.78. The monoisotopic (exact) mass is 349 g/mol. The number of amides is 1. The van der Waals surface area contributed by atoms with Crippen LogP contribution in [-0.2, 0) is 0 Å². The van der Waals surface area contributed by atoms with E-state index in [4.69, 9.17) is 5.73 Å². The second-order valence-electron chi connectivity index (χ2n) is 6.78. The summed E-state index contributed by atoms with van der Waals surface area (Å²) in [6.45, 7) is 10.4. The Morgan fingerprint density at radius 3 is 2.38 bits per heavy atom. The van der Waals surface area contributed by atoms with Crippen molar-refractivity contribution in [3.05, 3.63) is 58.9 Å². The van der Waals surface area contributed by atoms with Gasteiger partial charge in [0.1, 0.15) is 0 Å². The van der Waals surface area contributed by atoms with Crippen LogP contribution < -0.4 is 11.1 Å². The summed E-state index contributed by atoms with van der Waals surface area (Å²) >= 11 is 0. The summed E-state index contributed by atoms with van der Waals surface area (Å²) in [5, 5.41) is 3.01. The fourth-order valence-corrected chi connectivity index (χ4v) is 2.91. The Labute approximate surface area is 150 Å². The van der Waals surface area contributed by atoms with E-state index in [1.54, 1.807) is 0 Å². The Morgan fingerprint density at radius 2 is 1.83 bits per heavy atom. The maximum absolute atomic E-state index is 12.6. The van der Waals surface area contributed by atoms with Gasteiger partial charge in [-0.2, -0.15) is 0 Å². The van der Waals surface area contributed by atoms with Crippen LogP contribution in [0.3, 0.4) is 0 Å². The molecule has 0 aliphatic heterocycles. The van der Waals surface area contributed by atoms with Crippen molar-refractivity contribution >= 4 is 18.3 Å². The van der Waals surface area contributed by atoms with Gasteiger partial charge in [-0.25, -0.2) is 0 Å². The lowest BCUT2D eigenvalue weighted by Crippen LogP contribution is -2.48. The van der Waals surface area contributed by atoms with E-state index in [0.29, 0.717) is 12.1 Å². The molecule has 5 heteroatoms. The highest BCUT2D eigenvalue weighted by molar-refractivity contribution is 5.96. The fraction of sp³-hybridized carbons (Fsp3) is 0.421. The number of aryl methyl sites for hydroxylation is 1. The highest BCUT2D eigenvalue weighted by Crippen LogP contribution is 2.25. The van der Waals surface area contributed by atoms with E-state index in [1.165, 1.54) is 5.56 Å². The zero-order valence-electron chi connectivity index (χ0n) is 15.1. The average Bonchev–Trinajstić information content (AvgIpc) is 2.82. The topological polar surface area (TPSA) is 60.1 Å². The molecule has 2 aromatic rings. The van der Waals surface area contributed by atoms with Crippen molar-refractivity contribution in [2.75, 3.05) is 6.54 Å². The smallest absolute Gasteiger partial charge is 0.253 e. The fourth-order valence-electron chi connectivity index (χ4n) is 2.91. The number of benzene rings is 1. The van der Waals surface area contributed by atoms with Crippen molar-refractivity contribution in [1.29, 1.82) is 0 Å². The van der Waals surface area contributed by atoms with Gasteiger partial charge in [-0.05, 0) is 46.2 Å². The van der Waals surface area contributed by atoms with Crippen molar-refractivity contribution < 1.29 is 4.79 Å². The van der Waals surface area contributed by atoms with Gasteiger partial charge in [0.2, 0.25) is 0 Å². The van der Waals surface area contributed by atoms with Crippen LogP contribution in [0.4, 0.5) is 0 Å². The number of rotatable bonds is 5. The zero-order chi connectivity index (χ0) is 17.2. The van der Waals surface area contributed by atoms with Crippen molar-refractivity contribution in [3.8, 4) is 0 Å². The largest absolute Gasteiger partial charge is 0.346 e. The van der Waals surface area contributed by atoms with E-state index < -0.39 is 5.54 Å². The van der Waals surface area contributed by atoms with Crippen LogP contribution in [0, 0.1) is 13.8 Å². The van der Waals surface area contributed by atoms with E-state index >= 15 is 0 Å². The summed E-state index contributed by atoms with van der Waals surface area (Å²) in [5.74, 6) is -0.0694. The molecular formula is C19H28ClN3O. The number of hydrogen-bond acceptors (Lipinski definition) is 2. The van der Waals surface area contributed by atoms with Gasteiger partial charge in [0, 0.05) is 23.5 Å². The van der Waals surface area contributed by atoms with E-state index in [2.05, 4.69) is 28.9 Å². The predicted octanol–water partition coefficient (Wildman–Crippen LogP) is 3.60. The molecule has 0 radical (unpaired) electrons. The minimum absolute atomic E-state index is 0. The standard InChI is InChI=1S/C19H27N3O.ClH/c1-13-11-17(18(23)21-19(4,5)12-20)15(3)22(13)14(2)16-9-7-6-8-10-16;/h6-11,14H,12,20H2,1-5H3,(H,21,23);1H. The van der Waals surface area contributed by atoms with Gasteiger partial charge in [-0.1, -0.05) is 30.3 Å². The molecule has 0 saturated heterocycles. The number of halogens is 1. The van der Waals surface area contributed by atoms with Gasteiger partial charge in [-0.15, -0.1) is 12.4 Å². The quantitative estimate of drug-likeness (QED) is 0.866. The molecule has 0 saturated carbocycles. The van der Waals surface area contributed by atoms with Gasteiger partial charge in [0.05, 0.1) is 11.6 Å². The molecule has 1 unspecified atom stereocenters. The lowest BCUT2D eigenvalue weighted by molar-refractivity contribution is 0.0915. The first kappa shape index (κ1) is 20.3. The molecule has 2 rings (SSSR count). The van der Waals surface area contributed by atoms with Crippen molar-refractivity contribution in [1.82, 2.24) is 9.88 Å². The molecule has 1 atom stereocenters. The van der Waals surface area contributed by atoms with E-state index in [0.717, 1.165) is 11.4 Å². The van der Waals surface area contributed by atoms with Crippen LogP contribution in [0.15, 0.2) is 36.4 Å². The molecule has 0 spiro atoms. The van der Waals surface area contributed by atoms with Gasteiger partial charge >= 0.3 is 0 Å². The second kappa shape index (κ2) is 7.86. The van der Waals surface area contributed by atoms with Gasteiger partial charge < -0.3 is 15.6 Å². The third-order valence-corrected chi connectivity index (χ3v) is 4.36. The van der Waals surface area contributed by atoms with Crippen molar-refractivity contribution in [2.24, 2.45) is 5.73 Å². The maximum atomic E-state index is 12.6. The van der Waals surface area contributed by atoms with E-state index in [9.17, 15) is 4.79 Å². The van der Waals surface area contributed by atoms with Crippen LogP contribution in [0.2, 0.25) is 0 Å². The van der Waals surface area contributed by atoms with Crippen molar-refractivity contribution in [2.45, 2.75) is 46.2 Å². The first-order valence-corrected chi connectivity index (χ1v) is 8.03. The first-order valence-electron chi connectivity index (χ1n) is 8.03. The molecule has 4 nitrogen and oxygen atoms in total.